The van der Waals surface area contributed by atoms with Gasteiger partial charge in [0.1, 0.15) is 11.4 Å². The van der Waals surface area contributed by atoms with E-state index in [1.165, 1.54) is 11.9 Å². The SMILES string of the molecule is CN(c1nc(C(F)(F)F)ccc1Cl)N1C(=O)C2CC=C3C(CC4C(=O)N(c5ccccc5)C(=O)C4(C)C3c3ccc4ccccc4c3O)C2C1=O. The summed E-state index contributed by atoms with van der Waals surface area (Å²) in [6.45, 7) is 1.73. The standard InChI is InChI=1S/C38H30ClF3N4O5/c1-37-26(34(49)45(36(37)51)20-9-4-3-5-10-20)18-25-22(30(37)24-13-12-19-8-6-7-11-21(19)31(24)47)14-15-23-29(25)35(50)46(33(23)48)44(2)32-27(39)16-17-28(43-32)38(40,41)42/h3-14,16-17,23,25-26,29-30,47H,15,18H2,1-2H3. The minimum absolute atomic E-state index is 0.0550. The fourth-order valence-corrected chi connectivity index (χ4v) is 9.11. The Hall–Kier alpha value is -5.23. The Morgan fingerprint density at radius 1 is 0.902 bits per heavy atom. The van der Waals surface area contributed by atoms with Crippen molar-refractivity contribution < 1.29 is 37.5 Å². The van der Waals surface area contributed by atoms with E-state index in [1.807, 2.05) is 24.3 Å². The van der Waals surface area contributed by atoms with Gasteiger partial charge in [0.25, 0.3) is 11.8 Å². The second kappa shape index (κ2) is 11.4. The molecule has 2 aliphatic heterocycles. The van der Waals surface area contributed by atoms with E-state index in [0.29, 0.717) is 28.3 Å². The van der Waals surface area contributed by atoms with E-state index in [4.69, 9.17) is 11.6 Å². The topological polar surface area (TPSA) is 111 Å². The number of fused-ring (bicyclic) bond motifs is 5. The molecule has 6 unspecified atom stereocenters. The molecule has 4 aliphatic rings. The number of hydrogen-bond acceptors (Lipinski definition) is 7. The van der Waals surface area contributed by atoms with Crippen LogP contribution in [0.4, 0.5) is 24.7 Å². The van der Waals surface area contributed by atoms with E-state index >= 15 is 0 Å². The lowest BCUT2D eigenvalue weighted by Gasteiger charge is -2.49. The number of imide groups is 2. The van der Waals surface area contributed by atoms with Crippen LogP contribution in [0.15, 0.2) is 90.5 Å². The predicted octanol–water partition coefficient (Wildman–Crippen LogP) is 6.89. The molecule has 13 heteroatoms. The maximum atomic E-state index is 14.6. The van der Waals surface area contributed by atoms with E-state index in [-0.39, 0.29) is 23.6 Å². The molecular formula is C38H30ClF3N4O5. The molecule has 3 fully saturated rings. The van der Waals surface area contributed by atoms with Crippen LogP contribution in [-0.4, -0.2) is 45.8 Å². The van der Waals surface area contributed by atoms with Crippen LogP contribution in [0, 0.1) is 29.1 Å². The molecule has 2 aliphatic carbocycles. The highest BCUT2D eigenvalue weighted by molar-refractivity contribution is 6.33. The molecule has 6 atom stereocenters. The number of carbonyl (C=O) groups is 4. The Balaban J connectivity index is 1.25. The number of para-hydroxylation sites is 1. The van der Waals surface area contributed by atoms with Crippen LogP contribution in [0.2, 0.25) is 5.02 Å². The summed E-state index contributed by atoms with van der Waals surface area (Å²) < 4.78 is 40.8. The van der Waals surface area contributed by atoms with Crippen molar-refractivity contribution in [1.29, 1.82) is 0 Å². The van der Waals surface area contributed by atoms with Crippen molar-refractivity contribution >= 4 is 57.5 Å². The number of aromatic nitrogens is 1. The zero-order valence-corrected chi connectivity index (χ0v) is 28.0. The molecule has 4 amide bonds. The lowest BCUT2D eigenvalue weighted by molar-refractivity contribution is -0.141. The molecule has 51 heavy (non-hydrogen) atoms. The number of pyridine rings is 1. The van der Waals surface area contributed by atoms with Crippen LogP contribution >= 0.6 is 11.6 Å². The van der Waals surface area contributed by atoms with E-state index in [1.54, 1.807) is 55.5 Å². The number of phenolic OH excluding ortho intramolecular Hbond substituents is 1. The fourth-order valence-electron chi connectivity index (χ4n) is 8.88. The van der Waals surface area contributed by atoms with Crippen LogP contribution in [0.5, 0.6) is 5.75 Å². The van der Waals surface area contributed by atoms with Crippen LogP contribution in [0.3, 0.4) is 0 Å². The van der Waals surface area contributed by atoms with Gasteiger partial charge in [0.2, 0.25) is 11.8 Å². The Labute approximate surface area is 294 Å². The molecule has 3 aromatic carbocycles. The van der Waals surface area contributed by atoms with Crippen LogP contribution in [-0.2, 0) is 25.4 Å². The quantitative estimate of drug-likeness (QED) is 0.181. The normalized spacial score (nSPS) is 27.4. The Kier molecular flexibility index (Phi) is 7.36. The van der Waals surface area contributed by atoms with Crippen molar-refractivity contribution in [2.75, 3.05) is 17.0 Å². The first-order chi connectivity index (χ1) is 24.2. The summed E-state index contributed by atoms with van der Waals surface area (Å²) in [5.41, 5.74) is -1.16. The third-order valence-electron chi connectivity index (χ3n) is 11.2. The summed E-state index contributed by atoms with van der Waals surface area (Å²) in [4.78, 5) is 62.3. The third-order valence-corrected chi connectivity index (χ3v) is 11.5. The molecule has 2 saturated heterocycles. The number of allylic oxidation sites excluding steroid dienone is 2. The summed E-state index contributed by atoms with van der Waals surface area (Å²) in [7, 11) is 1.25. The minimum atomic E-state index is -4.80. The fraction of sp³-hybridized carbons (Fsp3) is 0.289. The van der Waals surface area contributed by atoms with Gasteiger partial charge in [-0.3, -0.25) is 24.2 Å². The highest BCUT2D eigenvalue weighted by atomic mass is 35.5. The van der Waals surface area contributed by atoms with E-state index < -0.39 is 76.3 Å². The number of benzene rings is 3. The minimum Gasteiger partial charge on any atom is -0.507 e. The average molecular weight is 715 g/mol. The summed E-state index contributed by atoms with van der Waals surface area (Å²) in [6.07, 6.45) is -2.82. The molecule has 1 aromatic heterocycles. The molecule has 8 rings (SSSR count). The first-order valence-electron chi connectivity index (χ1n) is 16.4. The van der Waals surface area contributed by atoms with E-state index in [0.717, 1.165) is 21.5 Å². The van der Waals surface area contributed by atoms with Crippen LogP contribution in [0.25, 0.3) is 10.8 Å². The van der Waals surface area contributed by atoms with Gasteiger partial charge in [-0.15, -0.1) is 0 Å². The number of amides is 4. The number of hydrogen-bond donors (Lipinski definition) is 1. The maximum Gasteiger partial charge on any atom is 0.433 e. The summed E-state index contributed by atoms with van der Waals surface area (Å²) in [5.74, 6) is -7.11. The molecule has 0 bridgehead atoms. The molecule has 0 spiro atoms. The highest BCUT2D eigenvalue weighted by Crippen LogP contribution is 2.64. The van der Waals surface area contributed by atoms with Crippen molar-refractivity contribution in [3.05, 3.63) is 107 Å². The van der Waals surface area contributed by atoms with E-state index in [9.17, 15) is 37.5 Å². The second-order valence-electron chi connectivity index (χ2n) is 13.7. The molecule has 0 radical (unpaired) electrons. The largest absolute Gasteiger partial charge is 0.507 e. The van der Waals surface area contributed by atoms with Crippen molar-refractivity contribution in [3.8, 4) is 5.75 Å². The lowest BCUT2D eigenvalue weighted by Crippen LogP contribution is -2.49. The second-order valence-corrected chi connectivity index (χ2v) is 14.1. The maximum absolute atomic E-state index is 14.6. The van der Waals surface area contributed by atoms with Crippen molar-refractivity contribution in [2.45, 2.75) is 31.9 Å². The van der Waals surface area contributed by atoms with Gasteiger partial charge in [0.15, 0.2) is 5.82 Å². The number of nitrogens with zero attached hydrogens (tertiary/aromatic N) is 4. The zero-order chi connectivity index (χ0) is 36.1. The van der Waals surface area contributed by atoms with Gasteiger partial charge in [-0.1, -0.05) is 77.8 Å². The number of anilines is 2. The molecule has 4 aromatic rings. The van der Waals surface area contributed by atoms with Crippen molar-refractivity contribution in [2.24, 2.45) is 29.1 Å². The molecule has 1 saturated carbocycles. The third kappa shape index (κ3) is 4.65. The van der Waals surface area contributed by atoms with Gasteiger partial charge in [-0.05, 0) is 55.3 Å². The predicted molar refractivity (Wildman–Crippen MR) is 181 cm³/mol. The monoisotopic (exact) mass is 714 g/mol. The Morgan fingerprint density at radius 2 is 1.61 bits per heavy atom. The van der Waals surface area contributed by atoms with E-state index in [2.05, 4.69) is 4.98 Å². The van der Waals surface area contributed by atoms with Gasteiger partial charge in [0.05, 0.1) is 33.9 Å². The number of alkyl halides is 3. The van der Waals surface area contributed by atoms with Crippen molar-refractivity contribution in [3.63, 3.8) is 0 Å². The number of hydrazine groups is 1. The van der Waals surface area contributed by atoms with Gasteiger partial charge in [-0.2, -0.15) is 18.2 Å². The van der Waals surface area contributed by atoms with Crippen LogP contribution < -0.4 is 9.91 Å². The number of halogens is 4. The smallest absolute Gasteiger partial charge is 0.433 e. The van der Waals surface area contributed by atoms with Gasteiger partial charge in [-0.25, -0.2) is 9.88 Å². The van der Waals surface area contributed by atoms with Gasteiger partial charge >= 0.3 is 6.18 Å². The Bertz CT molecular complexity index is 2210. The number of carbonyl (C=O) groups excluding carboxylic acids is 4. The van der Waals surface area contributed by atoms with Crippen LogP contribution in [0.1, 0.15) is 36.9 Å². The summed E-state index contributed by atoms with van der Waals surface area (Å²) >= 11 is 6.26. The zero-order valence-electron chi connectivity index (χ0n) is 27.3. The first kappa shape index (κ1) is 32.9. The van der Waals surface area contributed by atoms with Gasteiger partial charge in [0, 0.05) is 23.9 Å². The molecule has 3 heterocycles. The summed E-state index contributed by atoms with van der Waals surface area (Å²) in [5, 5.41) is 14.7. The first-order valence-corrected chi connectivity index (χ1v) is 16.8. The molecule has 1 N–H and O–H groups in total. The average Bonchev–Trinajstić information content (AvgIpc) is 3.48. The number of phenols is 1. The Morgan fingerprint density at radius 3 is 2.33 bits per heavy atom. The molecule has 260 valence electrons. The highest BCUT2D eigenvalue weighted by Gasteiger charge is 2.68. The number of rotatable bonds is 4. The summed E-state index contributed by atoms with van der Waals surface area (Å²) in [6, 6.07) is 21.1. The lowest BCUT2D eigenvalue weighted by atomic mass is 9.51. The number of aromatic hydroxyl groups is 1. The van der Waals surface area contributed by atoms with Crippen molar-refractivity contribution in [1.82, 2.24) is 9.99 Å². The van der Waals surface area contributed by atoms with Gasteiger partial charge < -0.3 is 5.11 Å². The molecule has 9 nitrogen and oxygen atoms in total. The molecular weight excluding hydrogens is 685 g/mol.